The number of hydrogen-bond acceptors (Lipinski definition) is 17. The zero-order valence-corrected chi connectivity index (χ0v) is 23.7. The Morgan fingerprint density at radius 1 is 0.450 bits per heavy atom. The second-order valence-electron chi connectivity index (χ2n) is 6.33. The monoisotopic (exact) mass is 603 g/mol. The highest BCUT2D eigenvalue weighted by atomic mass is 16.4. The molecular weight excluding hydrogens is 558 g/mol. The number of aliphatic carboxylic acids is 7. The fourth-order valence-electron chi connectivity index (χ4n) is 2.13. The van der Waals surface area contributed by atoms with Gasteiger partial charge in [-0.25, -0.2) is 0 Å². The van der Waals surface area contributed by atoms with Crippen molar-refractivity contribution in [2.24, 2.45) is 0 Å². The Morgan fingerprint density at radius 2 is 0.650 bits per heavy atom. The molecule has 0 atom stereocenters. The number of carboxylic acids is 7. The quantitative estimate of drug-likeness (QED) is 0.0811. The fraction of sp³-hybridized carbons (Fsp3) is 0.562. The third-order valence-corrected chi connectivity index (χ3v) is 3.40. The van der Waals surface area contributed by atoms with Gasteiger partial charge < -0.3 is 117 Å². The summed E-state index contributed by atoms with van der Waals surface area (Å²) in [5.41, 5.74) is -2.97. The first kappa shape index (κ1) is 60.4. The number of carbonyl (C=O) groups is 7. The molecule has 0 aromatic rings. The summed E-state index contributed by atoms with van der Waals surface area (Å²) in [5, 5.41) is 80.5. The van der Waals surface area contributed by atoms with Gasteiger partial charge in [0, 0.05) is 64.0 Å². The molecule has 24 heteroatoms. The molecule has 0 aromatic carbocycles. The van der Waals surface area contributed by atoms with Crippen molar-refractivity contribution >= 4 is 41.8 Å². The molecule has 0 aliphatic heterocycles. The smallest absolute Gasteiger partial charge is 0.114 e. The Labute approximate surface area is 227 Å². The van der Waals surface area contributed by atoms with Crippen molar-refractivity contribution in [3.8, 4) is 0 Å². The van der Waals surface area contributed by atoms with Gasteiger partial charge in [-0.1, -0.05) is 0 Å². The van der Waals surface area contributed by atoms with Crippen molar-refractivity contribution in [3.63, 3.8) is 0 Å². The van der Waals surface area contributed by atoms with Gasteiger partial charge in [0.2, 0.25) is 0 Å². The summed E-state index contributed by atoms with van der Waals surface area (Å²) in [6.07, 6.45) is -2.72. The van der Waals surface area contributed by atoms with E-state index >= 15 is 0 Å². The van der Waals surface area contributed by atoms with Crippen LogP contribution in [0.3, 0.4) is 0 Å². The van der Waals surface area contributed by atoms with Crippen molar-refractivity contribution in [1.29, 1.82) is 0 Å². The van der Waals surface area contributed by atoms with Gasteiger partial charge in [0.15, 0.2) is 0 Å². The van der Waals surface area contributed by atoms with E-state index in [1.165, 1.54) is 0 Å². The van der Waals surface area contributed by atoms with E-state index in [-0.39, 0.29) is 56.1 Å². The van der Waals surface area contributed by atoms with Crippen LogP contribution in [0.15, 0.2) is 0 Å². The zero-order valence-electron chi connectivity index (χ0n) is 23.7. The lowest BCUT2D eigenvalue weighted by Crippen LogP contribution is -2.54. The number of carbonyl (C=O) groups excluding carboxylic acids is 7. The van der Waals surface area contributed by atoms with Crippen molar-refractivity contribution in [1.82, 2.24) is 52.9 Å². The predicted octanol–water partition coefficient (Wildman–Crippen LogP) is -10.0. The van der Waals surface area contributed by atoms with Gasteiger partial charge in [-0.15, -0.1) is 0 Å². The van der Waals surface area contributed by atoms with Crippen molar-refractivity contribution < 1.29 is 74.4 Å². The molecule has 0 aliphatic carbocycles. The molecule has 0 unspecified atom stereocenters. The van der Waals surface area contributed by atoms with Crippen LogP contribution in [0.5, 0.6) is 0 Å². The van der Waals surface area contributed by atoms with E-state index < -0.39 is 86.4 Å². The van der Waals surface area contributed by atoms with E-state index in [9.17, 15) is 69.3 Å². The number of nitrogens with zero attached hydrogens (tertiary/aromatic N) is 2. The van der Waals surface area contributed by atoms with Crippen LogP contribution in [0, 0.1) is 0 Å². The first-order valence-corrected chi connectivity index (χ1v) is 8.56. The number of hydrogen-bond donors (Lipinski definition) is 8. The third-order valence-electron chi connectivity index (χ3n) is 3.40. The van der Waals surface area contributed by atoms with Crippen LogP contribution in [-0.4, -0.2) is 102 Å². The van der Waals surface area contributed by atoms with E-state index in [1.54, 1.807) is 0 Å². The lowest BCUT2D eigenvalue weighted by molar-refractivity contribution is -0.339. The Kier molecular flexibility index (Phi) is 44.5. The van der Waals surface area contributed by atoms with Crippen LogP contribution in [0.25, 0.3) is 0 Å². The highest BCUT2D eigenvalue weighted by Crippen LogP contribution is 2.13. The minimum absolute atomic E-state index is 0. The standard InChI is InChI=1S/C10H16N2O8.C6H8O7.7H3N/c13-7(14)3-11(4-8(15)16)1-2-12(5-9(17)18)6-10(19)20;7-3(8)1-6(13,5(11)12)2-4(9)10;;;;;;;/h1-6H2,(H,13,14)(H,15,16)(H,17,18)(H,19,20);13H,1-2H2,(H,7,8)(H,9,10)(H,11,12);7*1H3. The molecule has 0 heterocycles. The topological polar surface area (TPSA) is 563 Å². The van der Waals surface area contributed by atoms with Crippen molar-refractivity contribution in [2.45, 2.75) is 18.4 Å². The molecule has 0 radical (unpaired) electrons. The molecular formula is C16H45N9O15. The van der Waals surface area contributed by atoms with Crippen LogP contribution in [0.4, 0.5) is 0 Å². The van der Waals surface area contributed by atoms with E-state index in [1.807, 2.05) is 0 Å². The molecule has 0 aromatic heterocycles. The number of carboxylic acid groups (broad SMARTS) is 7. The van der Waals surface area contributed by atoms with Gasteiger partial charge in [-0.3, -0.25) is 9.80 Å². The fourth-order valence-corrected chi connectivity index (χ4v) is 2.13. The molecule has 0 fully saturated rings. The highest BCUT2D eigenvalue weighted by molar-refractivity contribution is 5.86. The van der Waals surface area contributed by atoms with E-state index in [2.05, 4.69) is 0 Å². The van der Waals surface area contributed by atoms with Crippen molar-refractivity contribution in [3.05, 3.63) is 0 Å². The summed E-state index contributed by atoms with van der Waals surface area (Å²) in [5.74, 6) is -12.1. The van der Waals surface area contributed by atoms with Crippen LogP contribution >= 0.6 is 0 Å². The first-order chi connectivity index (χ1) is 15.0. The lowest BCUT2D eigenvalue weighted by atomic mass is 9.96. The first-order valence-electron chi connectivity index (χ1n) is 8.56. The SMILES string of the molecule is O=C([O-])CC(O)(CC(=O)[O-])C(=O)[O-].O=C([O-])CN(CCN(CC(=O)[O-])CC(=O)[O-])CC(=O)[O-].[NH4+].[NH4+].[NH4+].[NH4+].[NH4+].[NH4+].[NH4+]. The summed E-state index contributed by atoms with van der Waals surface area (Å²) >= 11 is 0. The molecule has 0 spiro atoms. The largest absolute Gasteiger partial charge is 0.550 e. The van der Waals surface area contributed by atoms with E-state index in [4.69, 9.17) is 5.11 Å². The summed E-state index contributed by atoms with van der Waals surface area (Å²) in [4.78, 5) is 73.4. The molecule has 40 heavy (non-hydrogen) atoms. The second kappa shape index (κ2) is 29.4. The maximum absolute atomic E-state index is 10.4. The Hall–Kier alpha value is -4.11. The van der Waals surface area contributed by atoms with Crippen LogP contribution in [0.1, 0.15) is 12.8 Å². The molecule has 0 bridgehead atoms. The molecule has 244 valence electrons. The van der Waals surface area contributed by atoms with Gasteiger partial charge in [-0.05, 0) is 0 Å². The highest BCUT2D eigenvalue weighted by Gasteiger charge is 2.29. The van der Waals surface area contributed by atoms with E-state index in [0.717, 1.165) is 9.80 Å². The molecule has 0 amide bonds. The Balaban J connectivity index is -0.0000000618. The number of rotatable bonds is 16. The van der Waals surface area contributed by atoms with Crippen LogP contribution < -0.4 is 78.8 Å². The van der Waals surface area contributed by atoms with Gasteiger partial charge in [-0.2, -0.15) is 0 Å². The Bertz CT molecular complexity index is 686. The van der Waals surface area contributed by atoms with Gasteiger partial charge in [0.1, 0.15) is 5.60 Å². The predicted molar refractivity (Wildman–Crippen MR) is 124 cm³/mol. The minimum atomic E-state index is -2.97. The molecule has 0 saturated carbocycles. The van der Waals surface area contributed by atoms with Gasteiger partial charge in [0.25, 0.3) is 0 Å². The molecule has 29 N–H and O–H groups in total. The molecule has 0 rings (SSSR count). The summed E-state index contributed by atoms with van der Waals surface area (Å²) in [6.45, 7) is -3.25. The van der Waals surface area contributed by atoms with Gasteiger partial charge >= 0.3 is 0 Å². The number of quaternary nitrogens is 7. The summed E-state index contributed by atoms with van der Waals surface area (Å²) < 4.78 is 0. The molecule has 24 nitrogen and oxygen atoms in total. The minimum Gasteiger partial charge on any atom is -0.550 e. The molecule has 0 saturated heterocycles. The van der Waals surface area contributed by atoms with Crippen molar-refractivity contribution in [2.75, 3.05) is 39.3 Å². The second-order valence-corrected chi connectivity index (χ2v) is 6.33. The number of aliphatic hydroxyl groups is 1. The Morgan fingerprint density at radius 3 is 0.775 bits per heavy atom. The molecule has 0 aliphatic rings. The third kappa shape index (κ3) is 33.9. The average molecular weight is 604 g/mol. The van der Waals surface area contributed by atoms with Crippen LogP contribution in [0.2, 0.25) is 0 Å². The zero-order chi connectivity index (χ0) is 26.4. The maximum atomic E-state index is 10.4. The maximum Gasteiger partial charge on any atom is 0.114 e. The summed E-state index contributed by atoms with van der Waals surface area (Å²) in [7, 11) is 0. The summed E-state index contributed by atoms with van der Waals surface area (Å²) in [6, 6.07) is 0. The lowest BCUT2D eigenvalue weighted by Gasteiger charge is -2.29. The average Bonchev–Trinajstić information content (AvgIpc) is 2.56. The van der Waals surface area contributed by atoms with Gasteiger partial charge in [0.05, 0.1) is 29.8 Å². The normalized spacial score (nSPS) is 8.88. The van der Waals surface area contributed by atoms with E-state index in [0.29, 0.717) is 0 Å². The van der Waals surface area contributed by atoms with Crippen LogP contribution in [-0.2, 0) is 33.6 Å².